The van der Waals surface area contributed by atoms with Crippen molar-refractivity contribution in [3.63, 3.8) is 0 Å². The molecule has 1 aromatic rings. The maximum Gasteiger partial charge on any atom is 0.326 e. The molecule has 2 N–H and O–H groups in total. The Kier molecular flexibility index (Phi) is 4.09. The number of rotatable bonds is 2. The van der Waals surface area contributed by atoms with E-state index >= 15 is 0 Å². The van der Waals surface area contributed by atoms with Gasteiger partial charge in [0.25, 0.3) is 5.91 Å². The number of benzene rings is 1. The molecule has 0 aromatic heterocycles. The fourth-order valence-electron chi connectivity index (χ4n) is 2.27. The number of carboxylic acid groups (broad SMARTS) is 1. The summed E-state index contributed by atoms with van der Waals surface area (Å²) in [6, 6.07) is 3.73. The zero-order valence-corrected chi connectivity index (χ0v) is 11.8. The zero-order valence-electron chi connectivity index (χ0n) is 10.2. The van der Waals surface area contributed by atoms with Gasteiger partial charge in [-0.15, -0.1) is 0 Å². The molecular weight excluding hydrogens is 314 g/mol. The van der Waals surface area contributed by atoms with Gasteiger partial charge in [0.05, 0.1) is 5.56 Å². The maximum atomic E-state index is 12.4. The first-order chi connectivity index (χ1) is 9.00. The molecule has 0 saturated carbocycles. The third-order valence-electron chi connectivity index (χ3n) is 3.24. The molecule has 5 nitrogen and oxygen atoms in total. The Hall–Kier alpha value is -1.56. The van der Waals surface area contributed by atoms with Crippen LogP contribution in [0.1, 0.15) is 29.6 Å². The summed E-state index contributed by atoms with van der Waals surface area (Å²) >= 11 is 3.23. The van der Waals surface area contributed by atoms with Crippen molar-refractivity contribution < 1.29 is 19.8 Å². The lowest BCUT2D eigenvalue weighted by Gasteiger charge is -2.33. The standard InChI is InChI=1S/C13H14BrNO4/c14-8-4-5-11(16)9(7-8)12(17)15-6-2-1-3-10(15)13(18)19/h4-5,7,10,16H,1-3,6H2,(H,18,19)/t10-/m1/s1. The smallest absolute Gasteiger partial charge is 0.326 e. The average molecular weight is 328 g/mol. The van der Waals surface area contributed by atoms with Crippen LogP contribution >= 0.6 is 15.9 Å². The molecule has 0 bridgehead atoms. The van der Waals surface area contributed by atoms with Crippen molar-refractivity contribution in [2.45, 2.75) is 25.3 Å². The molecule has 0 aliphatic carbocycles. The van der Waals surface area contributed by atoms with Gasteiger partial charge in [0.15, 0.2) is 0 Å². The van der Waals surface area contributed by atoms with E-state index in [-0.39, 0.29) is 11.3 Å². The van der Waals surface area contributed by atoms with Gasteiger partial charge in [0.1, 0.15) is 11.8 Å². The molecule has 1 aliphatic rings. The summed E-state index contributed by atoms with van der Waals surface area (Å²) in [4.78, 5) is 24.9. The van der Waals surface area contributed by atoms with Crippen LogP contribution in [0.5, 0.6) is 5.75 Å². The highest BCUT2D eigenvalue weighted by Crippen LogP contribution is 2.26. The molecule has 6 heteroatoms. The van der Waals surface area contributed by atoms with Crippen LogP contribution in [0.25, 0.3) is 0 Å². The summed E-state index contributed by atoms with van der Waals surface area (Å²) < 4.78 is 0.664. The summed E-state index contributed by atoms with van der Waals surface area (Å²) in [5, 5.41) is 18.9. The van der Waals surface area contributed by atoms with E-state index in [1.54, 1.807) is 6.07 Å². The van der Waals surface area contributed by atoms with E-state index in [1.165, 1.54) is 17.0 Å². The molecule has 0 unspecified atom stereocenters. The van der Waals surface area contributed by atoms with Crippen LogP contribution < -0.4 is 0 Å². The zero-order chi connectivity index (χ0) is 14.0. The Bertz CT molecular complexity index is 517. The van der Waals surface area contributed by atoms with Crippen molar-refractivity contribution in [2.24, 2.45) is 0 Å². The fourth-order valence-corrected chi connectivity index (χ4v) is 2.63. The van der Waals surface area contributed by atoms with E-state index in [0.717, 1.165) is 12.8 Å². The Balaban J connectivity index is 2.31. The van der Waals surface area contributed by atoms with Gasteiger partial charge < -0.3 is 15.1 Å². The van der Waals surface area contributed by atoms with Crippen LogP contribution in [0.15, 0.2) is 22.7 Å². The monoisotopic (exact) mass is 327 g/mol. The number of likely N-dealkylation sites (tertiary alicyclic amines) is 1. The number of carbonyl (C=O) groups excluding carboxylic acids is 1. The third-order valence-corrected chi connectivity index (χ3v) is 3.73. The largest absolute Gasteiger partial charge is 0.507 e. The highest BCUT2D eigenvalue weighted by Gasteiger charge is 2.33. The molecule has 1 heterocycles. The normalized spacial score (nSPS) is 19.2. The molecule has 0 radical (unpaired) electrons. The van der Waals surface area contributed by atoms with Crippen molar-refractivity contribution in [1.29, 1.82) is 0 Å². The number of hydrogen-bond acceptors (Lipinski definition) is 3. The van der Waals surface area contributed by atoms with E-state index in [2.05, 4.69) is 15.9 Å². The molecule has 1 saturated heterocycles. The van der Waals surface area contributed by atoms with Crippen LogP contribution in [0.2, 0.25) is 0 Å². The number of aromatic hydroxyl groups is 1. The summed E-state index contributed by atoms with van der Waals surface area (Å²) in [6.07, 6.45) is 2.03. The number of piperidine rings is 1. The molecule has 1 aliphatic heterocycles. The fraction of sp³-hybridized carbons (Fsp3) is 0.385. The van der Waals surface area contributed by atoms with Crippen molar-refractivity contribution in [3.8, 4) is 5.75 Å². The topological polar surface area (TPSA) is 77.8 Å². The van der Waals surface area contributed by atoms with Crippen molar-refractivity contribution in [3.05, 3.63) is 28.2 Å². The number of halogens is 1. The summed E-state index contributed by atoms with van der Waals surface area (Å²) in [6.45, 7) is 0.405. The summed E-state index contributed by atoms with van der Waals surface area (Å²) in [5.41, 5.74) is 0.127. The first kappa shape index (κ1) is 13.9. The van der Waals surface area contributed by atoms with Gasteiger partial charge in [0, 0.05) is 11.0 Å². The number of carbonyl (C=O) groups is 2. The molecule has 102 valence electrons. The Morgan fingerprint density at radius 2 is 2.05 bits per heavy atom. The van der Waals surface area contributed by atoms with Crippen molar-refractivity contribution in [1.82, 2.24) is 4.90 Å². The number of phenols is 1. The van der Waals surface area contributed by atoms with E-state index in [1.807, 2.05) is 0 Å². The molecule has 0 spiro atoms. The van der Waals surface area contributed by atoms with Gasteiger partial charge in [-0.1, -0.05) is 15.9 Å². The van der Waals surface area contributed by atoms with Gasteiger partial charge in [-0.05, 0) is 37.5 Å². The highest BCUT2D eigenvalue weighted by atomic mass is 79.9. The Morgan fingerprint density at radius 3 is 2.74 bits per heavy atom. The number of hydrogen-bond donors (Lipinski definition) is 2. The van der Waals surface area contributed by atoms with Gasteiger partial charge in [0.2, 0.25) is 0 Å². The lowest BCUT2D eigenvalue weighted by atomic mass is 10.0. The number of nitrogens with zero attached hydrogens (tertiary/aromatic N) is 1. The lowest BCUT2D eigenvalue weighted by Crippen LogP contribution is -2.48. The quantitative estimate of drug-likeness (QED) is 0.873. The van der Waals surface area contributed by atoms with Gasteiger partial charge in [-0.25, -0.2) is 4.79 Å². The van der Waals surface area contributed by atoms with Crippen LogP contribution in [0.3, 0.4) is 0 Å². The minimum absolute atomic E-state index is 0.127. The molecule has 19 heavy (non-hydrogen) atoms. The molecule has 1 aromatic carbocycles. The molecular formula is C13H14BrNO4. The van der Waals surface area contributed by atoms with Crippen LogP contribution in [-0.4, -0.2) is 39.6 Å². The van der Waals surface area contributed by atoms with Gasteiger partial charge in [-0.2, -0.15) is 0 Å². The van der Waals surface area contributed by atoms with Gasteiger partial charge in [-0.3, -0.25) is 4.79 Å². The number of phenolic OH excluding ortho intramolecular Hbond substituents is 1. The van der Waals surface area contributed by atoms with Gasteiger partial charge >= 0.3 is 5.97 Å². The van der Waals surface area contributed by atoms with E-state index in [4.69, 9.17) is 5.11 Å². The maximum absolute atomic E-state index is 12.4. The second kappa shape index (κ2) is 5.61. The molecule has 1 atom stereocenters. The predicted molar refractivity (Wildman–Crippen MR) is 72.1 cm³/mol. The van der Waals surface area contributed by atoms with E-state index in [9.17, 15) is 14.7 Å². The second-order valence-electron chi connectivity index (χ2n) is 4.51. The first-order valence-electron chi connectivity index (χ1n) is 6.03. The number of carboxylic acids is 1. The minimum atomic E-state index is -0.998. The Morgan fingerprint density at radius 1 is 1.32 bits per heavy atom. The second-order valence-corrected chi connectivity index (χ2v) is 5.43. The summed E-state index contributed by atoms with van der Waals surface area (Å²) in [5.74, 6) is -1.57. The average Bonchev–Trinajstić information content (AvgIpc) is 2.40. The van der Waals surface area contributed by atoms with Crippen LogP contribution in [0, 0.1) is 0 Å². The first-order valence-corrected chi connectivity index (χ1v) is 6.82. The van der Waals surface area contributed by atoms with Crippen molar-refractivity contribution in [2.75, 3.05) is 6.54 Å². The van der Waals surface area contributed by atoms with Crippen LogP contribution in [0.4, 0.5) is 0 Å². The lowest BCUT2D eigenvalue weighted by molar-refractivity contribution is -0.143. The predicted octanol–water partition coefficient (Wildman–Crippen LogP) is 2.23. The highest BCUT2D eigenvalue weighted by molar-refractivity contribution is 9.10. The van der Waals surface area contributed by atoms with E-state index in [0.29, 0.717) is 17.4 Å². The third kappa shape index (κ3) is 2.89. The molecule has 2 rings (SSSR count). The molecule has 1 amide bonds. The minimum Gasteiger partial charge on any atom is -0.507 e. The SMILES string of the molecule is O=C(O)[C@H]1CCCCN1C(=O)c1cc(Br)ccc1O. The van der Waals surface area contributed by atoms with E-state index < -0.39 is 17.9 Å². The van der Waals surface area contributed by atoms with Crippen molar-refractivity contribution >= 4 is 27.8 Å². The molecule has 1 fully saturated rings. The number of aliphatic carboxylic acids is 1. The summed E-state index contributed by atoms with van der Waals surface area (Å²) in [7, 11) is 0. The number of amides is 1. The van der Waals surface area contributed by atoms with Crippen LogP contribution in [-0.2, 0) is 4.79 Å². The Labute approximate surface area is 119 Å².